The van der Waals surface area contributed by atoms with Gasteiger partial charge in [-0.2, -0.15) is 0 Å². The topological polar surface area (TPSA) is 80.3 Å². The third-order valence-electron chi connectivity index (χ3n) is 4.39. The number of carbonyl (C=O) groups excluding carboxylic acids is 2. The third-order valence-corrected chi connectivity index (χ3v) is 4.39. The summed E-state index contributed by atoms with van der Waals surface area (Å²) in [5.41, 5.74) is 0.460. The number of rotatable bonds is 6. The number of hydrogen-bond donors (Lipinski definition) is 0. The number of fused-ring (bicyclic) bond motifs is 1. The van der Waals surface area contributed by atoms with Gasteiger partial charge < -0.3 is 23.7 Å². The van der Waals surface area contributed by atoms with E-state index < -0.39 is 30.3 Å². The van der Waals surface area contributed by atoms with Gasteiger partial charge in [0.2, 0.25) is 0 Å². The Labute approximate surface area is 152 Å². The Morgan fingerprint density at radius 3 is 2.54 bits per heavy atom. The second-order valence-electron chi connectivity index (χ2n) is 6.78. The summed E-state index contributed by atoms with van der Waals surface area (Å²) in [6.07, 6.45) is -1.39. The molecule has 1 aromatic carbocycles. The molecule has 7 heteroatoms. The molecule has 0 spiro atoms. The van der Waals surface area contributed by atoms with E-state index in [1.807, 2.05) is 6.07 Å². The number of hydrogen-bond acceptors (Lipinski definition) is 7. The van der Waals surface area contributed by atoms with Gasteiger partial charge in [-0.3, -0.25) is 4.79 Å². The van der Waals surface area contributed by atoms with Gasteiger partial charge >= 0.3 is 11.9 Å². The standard InChI is InChI=1S/C19H24O7/c1-4-22-15(20)10-13-14(24-18-16(13)25-19(2,3)26-18)11-23-17(21)12-8-6-5-7-9-12/h5-9,13-14,16,18H,4,10-11H2,1-3H3/t13-,14-,16-,18-/m1/s1. The van der Waals surface area contributed by atoms with E-state index in [0.29, 0.717) is 12.2 Å². The Bertz CT molecular complexity index is 643. The van der Waals surface area contributed by atoms with Crippen LogP contribution in [0.4, 0.5) is 0 Å². The van der Waals surface area contributed by atoms with Crippen molar-refractivity contribution in [1.82, 2.24) is 0 Å². The zero-order valence-corrected chi connectivity index (χ0v) is 15.2. The summed E-state index contributed by atoms with van der Waals surface area (Å²) in [4.78, 5) is 24.1. The lowest BCUT2D eigenvalue weighted by atomic mass is 9.95. The minimum Gasteiger partial charge on any atom is -0.466 e. The fourth-order valence-corrected chi connectivity index (χ4v) is 3.28. The summed E-state index contributed by atoms with van der Waals surface area (Å²) < 4.78 is 27.9. The molecule has 2 saturated heterocycles. The van der Waals surface area contributed by atoms with Crippen molar-refractivity contribution in [3.05, 3.63) is 35.9 Å². The van der Waals surface area contributed by atoms with Gasteiger partial charge in [-0.1, -0.05) is 18.2 Å². The number of esters is 2. The van der Waals surface area contributed by atoms with Crippen LogP contribution in [0.2, 0.25) is 0 Å². The SMILES string of the molecule is CCOC(=O)C[C@H]1[C@H]2OC(C)(C)O[C@H]2O[C@@H]1COC(=O)c1ccccc1. The minimum atomic E-state index is -0.784. The zero-order valence-electron chi connectivity index (χ0n) is 15.2. The first-order valence-electron chi connectivity index (χ1n) is 8.78. The lowest BCUT2D eigenvalue weighted by Crippen LogP contribution is -2.34. The maximum atomic E-state index is 12.2. The Hall–Kier alpha value is -1.96. The Morgan fingerprint density at radius 1 is 1.12 bits per heavy atom. The van der Waals surface area contributed by atoms with Gasteiger partial charge in [0.15, 0.2) is 12.1 Å². The van der Waals surface area contributed by atoms with Gasteiger partial charge in [0, 0.05) is 5.92 Å². The zero-order chi connectivity index (χ0) is 18.7. The van der Waals surface area contributed by atoms with E-state index in [2.05, 4.69) is 0 Å². The van der Waals surface area contributed by atoms with E-state index in [4.69, 9.17) is 23.7 Å². The molecule has 0 radical (unpaired) electrons. The van der Waals surface area contributed by atoms with Crippen LogP contribution >= 0.6 is 0 Å². The molecule has 3 rings (SSSR count). The maximum absolute atomic E-state index is 12.2. The molecule has 0 bridgehead atoms. The summed E-state index contributed by atoms with van der Waals surface area (Å²) in [7, 11) is 0. The van der Waals surface area contributed by atoms with Crippen molar-refractivity contribution in [1.29, 1.82) is 0 Å². The molecule has 0 aromatic heterocycles. The molecule has 142 valence electrons. The van der Waals surface area contributed by atoms with Crippen molar-refractivity contribution in [2.24, 2.45) is 5.92 Å². The van der Waals surface area contributed by atoms with Crippen molar-refractivity contribution in [3.8, 4) is 0 Å². The lowest BCUT2D eigenvalue weighted by molar-refractivity contribution is -0.214. The summed E-state index contributed by atoms with van der Waals surface area (Å²) in [6.45, 7) is 5.65. The van der Waals surface area contributed by atoms with Crippen LogP contribution in [0.25, 0.3) is 0 Å². The maximum Gasteiger partial charge on any atom is 0.338 e. The van der Waals surface area contributed by atoms with Gasteiger partial charge in [-0.15, -0.1) is 0 Å². The van der Waals surface area contributed by atoms with Crippen molar-refractivity contribution in [3.63, 3.8) is 0 Å². The number of benzene rings is 1. The molecule has 2 aliphatic rings. The van der Waals surface area contributed by atoms with E-state index in [0.717, 1.165) is 0 Å². The first-order valence-corrected chi connectivity index (χ1v) is 8.78. The lowest BCUT2D eigenvalue weighted by Gasteiger charge is -2.25. The molecule has 7 nitrogen and oxygen atoms in total. The van der Waals surface area contributed by atoms with E-state index in [1.165, 1.54) is 0 Å². The van der Waals surface area contributed by atoms with Crippen molar-refractivity contribution >= 4 is 11.9 Å². The molecule has 2 heterocycles. The van der Waals surface area contributed by atoms with Crippen LogP contribution in [0.1, 0.15) is 37.6 Å². The molecule has 0 N–H and O–H groups in total. The highest BCUT2D eigenvalue weighted by molar-refractivity contribution is 5.89. The van der Waals surface area contributed by atoms with Crippen LogP contribution in [0.5, 0.6) is 0 Å². The third kappa shape index (κ3) is 4.23. The summed E-state index contributed by atoms with van der Waals surface area (Å²) in [6, 6.07) is 8.71. The van der Waals surface area contributed by atoms with Crippen LogP contribution in [0.3, 0.4) is 0 Å². The van der Waals surface area contributed by atoms with Crippen molar-refractivity contribution in [2.45, 2.75) is 51.5 Å². The van der Waals surface area contributed by atoms with Gasteiger partial charge in [0.25, 0.3) is 0 Å². The number of carbonyl (C=O) groups is 2. The van der Waals surface area contributed by atoms with E-state index in [1.54, 1.807) is 45.0 Å². The summed E-state index contributed by atoms with van der Waals surface area (Å²) in [5, 5.41) is 0. The van der Waals surface area contributed by atoms with Crippen LogP contribution in [0.15, 0.2) is 30.3 Å². The Morgan fingerprint density at radius 2 is 1.85 bits per heavy atom. The van der Waals surface area contributed by atoms with E-state index >= 15 is 0 Å². The fourth-order valence-electron chi connectivity index (χ4n) is 3.28. The molecule has 26 heavy (non-hydrogen) atoms. The monoisotopic (exact) mass is 364 g/mol. The quantitative estimate of drug-likeness (QED) is 0.717. The number of ether oxygens (including phenoxy) is 5. The molecule has 0 amide bonds. The summed E-state index contributed by atoms with van der Waals surface area (Å²) >= 11 is 0. The highest BCUT2D eigenvalue weighted by Gasteiger charge is 2.55. The van der Waals surface area contributed by atoms with E-state index in [-0.39, 0.29) is 24.9 Å². The highest BCUT2D eigenvalue weighted by Crippen LogP contribution is 2.42. The normalized spacial score (nSPS) is 29.2. The fraction of sp³-hybridized carbons (Fsp3) is 0.579. The van der Waals surface area contributed by atoms with Gasteiger partial charge in [-0.25, -0.2) is 4.79 Å². The highest BCUT2D eigenvalue weighted by atomic mass is 16.8. The van der Waals surface area contributed by atoms with Crippen LogP contribution in [-0.2, 0) is 28.5 Å². The van der Waals surface area contributed by atoms with Crippen LogP contribution < -0.4 is 0 Å². The van der Waals surface area contributed by atoms with E-state index in [9.17, 15) is 9.59 Å². The molecule has 1 aromatic rings. The second-order valence-corrected chi connectivity index (χ2v) is 6.78. The Balaban J connectivity index is 1.65. The second kappa shape index (κ2) is 7.73. The minimum absolute atomic E-state index is 0.0119. The van der Waals surface area contributed by atoms with Gasteiger partial charge in [-0.05, 0) is 32.9 Å². The summed E-state index contributed by atoms with van der Waals surface area (Å²) in [5.74, 6) is -1.88. The van der Waals surface area contributed by atoms with Gasteiger partial charge in [0.1, 0.15) is 18.8 Å². The average molecular weight is 364 g/mol. The largest absolute Gasteiger partial charge is 0.466 e. The van der Waals surface area contributed by atoms with Crippen LogP contribution in [-0.4, -0.2) is 49.4 Å². The van der Waals surface area contributed by atoms with Crippen LogP contribution in [0, 0.1) is 5.92 Å². The predicted octanol–water partition coefficient (Wildman–Crippen LogP) is 2.29. The van der Waals surface area contributed by atoms with Crippen molar-refractivity contribution in [2.75, 3.05) is 13.2 Å². The molecular weight excluding hydrogens is 340 g/mol. The predicted molar refractivity (Wildman–Crippen MR) is 90.2 cm³/mol. The Kier molecular flexibility index (Phi) is 5.60. The molecule has 0 aliphatic carbocycles. The molecular formula is C19H24O7. The first kappa shape index (κ1) is 18.8. The first-order chi connectivity index (χ1) is 12.4. The molecule has 2 fully saturated rings. The van der Waals surface area contributed by atoms with Gasteiger partial charge in [0.05, 0.1) is 18.6 Å². The molecule has 4 atom stereocenters. The van der Waals surface area contributed by atoms with Crippen molar-refractivity contribution < 1.29 is 33.3 Å². The molecule has 0 unspecified atom stereocenters. The average Bonchev–Trinajstić information content (AvgIpc) is 3.06. The molecule has 2 aliphatic heterocycles. The molecule has 0 saturated carbocycles. The smallest absolute Gasteiger partial charge is 0.338 e.